The first-order valence-electron chi connectivity index (χ1n) is 6.11. The highest BCUT2D eigenvalue weighted by atomic mass is 79.9. The molecule has 2 heterocycles. The summed E-state index contributed by atoms with van der Waals surface area (Å²) in [7, 11) is 0. The van der Waals surface area contributed by atoms with Gasteiger partial charge in [-0.25, -0.2) is 9.78 Å². The maximum atomic E-state index is 12.0. The Kier molecular flexibility index (Phi) is 5.13. The summed E-state index contributed by atoms with van der Waals surface area (Å²) in [5.41, 5.74) is 0.478. The molecule has 2 aromatic heterocycles. The largest absolute Gasteiger partial charge is 0.477 e. The molecular formula is C13H13BrN2O3S2. The number of halogens is 1. The average Bonchev–Trinajstić information content (AvgIpc) is 2.95. The van der Waals surface area contributed by atoms with Crippen molar-refractivity contribution in [3.8, 4) is 0 Å². The lowest BCUT2D eigenvalue weighted by Gasteiger charge is -2.10. The molecule has 112 valence electrons. The first-order valence-corrected chi connectivity index (χ1v) is 8.53. The van der Waals surface area contributed by atoms with Gasteiger partial charge in [0.25, 0.3) is 0 Å². The second-order valence-corrected chi connectivity index (χ2v) is 8.02. The number of hydrogen-bond donors (Lipinski definition) is 2. The predicted octanol–water partition coefficient (Wildman–Crippen LogP) is 3.39. The fraction of sp³-hybridized carbons (Fsp3) is 0.308. The molecule has 1 atom stereocenters. The van der Waals surface area contributed by atoms with Gasteiger partial charge in [-0.05, 0) is 41.9 Å². The Bertz CT molecular complexity index is 681. The molecule has 0 aliphatic rings. The molecule has 8 heteroatoms. The zero-order chi connectivity index (χ0) is 15.6. The molecule has 2 N–H and O–H groups in total. The third kappa shape index (κ3) is 4.12. The normalized spacial score (nSPS) is 12.1. The highest BCUT2D eigenvalue weighted by Gasteiger charge is 2.19. The number of rotatable bonds is 5. The number of hydrogen-bond acceptors (Lipinski definition) is 5. The second-order valence-electron chi connectivity index (χ2n) is 4.44. The van der Waals surface area contributed by atoms with Gasteiger partial charge >= 0.3 is 5.97 Å². The maximum Gasteiger partial charge on any atom is 0.347 e. The SMILES string of the molecule is Cc1nc(C(C)NC(=O)Cc2ccc(Br)s2)sc1C(=O)O. The van der Waals surface area contributed by atoms with Crippen molar-refractivity contribution in [2.24, 2.45) is 0 Å². The summed E-state index contributed by atoms with van der Waals surface area (Å²) in [6.07, 6.45) is 0.302. The monoisotopic (exact) mass is 388 g/mol. The summed E-state index contributed by atoms with van der Waals surface area (Å²) in [6.45, 7) is 3.45. The van der Waals surface area contributed by atoms with Crippen LogP contribution >= 0.6 is 38.6 Å². The number of thiophene rings is 1. The lowest BCUT2D eigenvalue weighted by Crippen LogP contribution is -2.27. The zero-order valence-corrected chi connectivity index (χ0v) is 14.6. The second kappa shape index (κ2) is 6.67. The van der Waals surface area contributed by atoms with E-state index in [9.17, 15) is 9.59 Å². The Morgan fingerprint density at radius 3 is 2.67 bits per heavy atom. The predicted molar refractivity (Wildman–Crippen MR) is 86.1 cm³/mol. The van der Waals surface area contributed by atoms with Crippen LogP contribution in [0.4, 0.5) is 0 Å². The Morgan fingerprint density at radius 1 is 1.43 bits per heavy atom. The number of aromatic carboxylic acids is 1. The number of nitrogens with zero attached hydrogens (tertiary/aromatic N) is 1. The Hall–Kier alpha value is -1.25. The highest BCUT2D eigenvalue weighted by Crippen LogP contribution is 2.25. The number of thiazole rings is 1. The van der Waals surface area contributed by atoms with Crippen molar-refractivity contribution < 1.29 is 14.7 Å². The smallest absolute Gasteiger partial charge is 0.347 e. The molecule has 0 aliphatic heterocycles. The summed E-state index contributed by atoms with van der Waals surface area (Å²) < 4.78 is 0.986. The van der Waals surface area contributed by atoms with Gasteiger partial charge < -0.3 is 10.4 Å². The molecule has 0 saturated carbocycles. The quantitative estimate of drug-likeness (QED) is 0.822. The standard InChI is InChI=1S/C13H13BrN2O3S2/c1-6-11(13(18)19)21-12(16-6)7(2)15-10(17)5-8-3-4-9(14)20-8/h3-4,7H,5H2,1-2H3,(H,15,17)(H,18,19). The average molecular weight is 389 g/mol. The molecule has 5 nitrogen and oxygen atoms in total. The third-order valence-electron chi connectivity index (χ3n) is 2.72. The summed E-state index contributed by atoms with van der Waals surface area (Å²) >= 11 is 5.97. The zero-order valence-electron chi connectivity index (χ0n) is 11.3. The van der Waals surface area contributed by atoms with Crippen LogP contribution in [-0.2, 0) is 11.2 Å². The maximum absolute atomic E-state index is 12.0. The van der Waals surface area contributed by atoms with E-state index in [-0.39, 0.29) is 16.8 Å². The lowest BCUT2D eigenvalue weighted by atomic mass is 10.3. The van der Waals surface area contributed by atoms with E-state index in [1.165, 1.54) is 11.3 Å². The van der Waals surface area contributed by atoms with Crippen molar-refractivity contribution in [2.45, 2.75) is 26.3 Å². The molecule has 0 fully saturated rings. The van der Waals surface area contributed by atoms with Gasteiger partial charge in [-0.3, -0.25) is 4.79 Å². The Labute approximate surface area is 138 Å². The molecule has 2 aromatic rings. The van der Waals surface area contributed by atoms with Crippen LogP contribution in [-0.4, -0.2) is 22.0 Å². The van der Waals surface area contributed by atoms with E-state index in [0.717, 1.165) is 20.0 Å². The van der Waals surface area contributed by atoms with Gasteiger partial charge in [-0.2, -0.15) is 0 Å². The number of carboxylic acids is 1. The van der Waals surface area contributed by atoms with Crippen molar-refractivity contribution in [3.63, 3.8) is 0 Å². The van der Waals surface area contributed by atoms with Crippen LogP contribution < -0.4 is 5.32 Å². The van der Waals surface area contributed by atoms with Gasteiger partial charge in [0.05, 0.1) is 21.9 Å². The van der Waals surface area contributed by atoms with Crippen molar-refractivity contribution in [1.82, 2.24) is 10.3 Å². The fourth-order valence-corrected chi connectivity index (χ4v) is 4.15. The summed E-state index contributed by atoms with van der Waals surface area (Å²) in [5.74, 6) is -1.10. The summed E-state index contributed by atoms with van der Waals surface area (Å²) in [4.78, 5) is 28.4. The number of carboxylic acid groups (broad SMARTS) is 1. The van der Waals surface area contributed by atoms with E-state index in [0.29, 0.717) is 17.1 Å². The molecule has 0 spiro atoms. The van der Waals surface area contributed by atoms with Crippen LogP contribution in [0.2, 0.25) is 0 Å². The van der Waals surface area contributed by atoms with Gasteiger partial charge in [-0.1, -0.05) is 0 Å². The highest BCUT2D eigenvalue weighted by molar-refractivity contribution is 9.11. The third-order valence-corrected chi connectivity index (χ3v) is 5.67. The molecular weight excluding hydrogens is 376 g/mol. The number of aryl methyl sites for hydroxylation is 1. The van der Waals surface area contributed by atoms with Crippen molar-refractivity contribution in [1.29, 1.82) is 0 Å². The van der Waals surface area contributed by atoms with Gasteiger partial charge in [0, 0.05) is 4.88 Å². The minimum atomic E-state index is -0.988. The minimum Gasteiger partial charge on any atom is -0.477 e. The lowest BCUT2D eigenvalue weighted by molar-refractivity contribution is -0.121. The number of carbonyl (C=O) groups excluding carboxylic acids is 1. The van der Waals surface area contributed by atoms with Crippen LogP contribution in [0.5, 0.6) is 0 Å². The van der Waals surface area contributed by atoms with E-state index >= 15 is 0 Å². The van der Waals surface area contributed by atoms with Gasteiger partial charge in [0.2, 0.25) is 5.91 Å². The molecule has 21 heavy (non-hydrogen) atoms. The Morgan fingerprint density at radius 2 is 2.14 bits per heavy atom. The molecule has 0 radical (unpaired) electrons. The number of carbonyl (C=O) groups is 2. The molecule has 0 aromatic carbocycles. The topological polar surface area (TPSA) is 79.3 Å². The molecule has 0 saturated heterocycles. The van der Waals surface area contributed by atoms with E-state index in [1.807, 2.05) is 12.1 Å². The van der Waals surface area contributed by atoms with Gasteiger partial charge in [0.15, 0.2) is 0 Å². The van der Waals surface area contributed by atoms with Crippen LogP contribution in [0.25, 0.3) is 0 Å². The van der Waals surface area contributed by atoms with Gasteiger partial charge in [0.1, 0.15) is 9.88 Å². The van der Waals surface area contributed by atoms with Crippen LogP contribution in [0.3, 0.4) is 0 Å². The fourth-order valence-electron chi connectivity index (χ4n) is 1.76. The first kappa shape index (κ1) is 16.1. The Balaban J connectivity index is 2.00. The van der Waals surface area contributed by atoms with Crippen LogP contribution in [0.15, 0.2) is 15.9 Å². The number of nitrogens with one attached hydrogen (secondary N) is 1. The van der Waals surface area contributed by atoms with Crippen molar-refractivity contribution in [3.05, 3.63) is 36.4 Å². The molecule has 0 bridgehead atoms. The van der Waals surface area contributed by atoms with Crippen LogP contribution in [0.1, 0.15) is 38.2 Å². The summed E-state index contributed by atoms with van der Waals surface area (Å²) in [5, 5.41) is 12.5. The molecule has 0 aliphatic carbocycles. The van der Waals surface area contributed by atoms with E-state index in [2.05, 4.69) is 26.2 Å². The molecule has 1 unspecified atom stereocenters. The summed E-state index contributed by atoms with van der Waals surface area (Å²) in [6, 6.07) is 3.49. The molecule has 1 amide bonds. The van der Waals surface area contributed by atoms with Crippen molar-refractivity contribution in [2.75, 3.05) is 0 Å². The van der Waals surface area contributed by atoms with E-state index in [4.69, 9.17) is 5.11 Å². The van der Waals surface area contributed by atoms with E-state index in [1.54, 1.807) is 13.8 Å². The van der Waals surface area contributed by atoms with Gasteiger partial charge in [-0.15, -0.1) is 22.7 Å². The minimum absolute atomic E-state index is 0.110. The first-order chi connectivity index (χ1) is 9.86. The van der Waals surface area contributed by atoms with Crippen molar-refractivity contribution >= 4 is 50.5 Å². The van der Waals surface area contributed by atoms with E-state index < -0.39 is 5.97 Å². The number of amides is 1. The molecule has 2 rings (SSSR count). The number of aromatic nitrogens is 1. The van der Waals surface area contributed by atoms with Crippen LogP contribution in [0, 0.1) is 6.92 Å².